The molecule has 1 aliphatic rings. The molecule has 0 bridgehead atoms. The zero-order valence-electron chi connectivity index (χ0n) is 10.7. The van der Waals surface area contributed by atoms with Gasteiger partial charge in [0.2, 0.25) is 6.43 Å². The van der Waals surface area contributed by atoms with E-state index >= 15 is 0 Å². The highest BCUT2D eigenvalue weighted by molar-refractivity contribution is 5.81. The van der Waals surface area contributed by atoms with Crippen LogP contribution in [0.3, 0.4) is 0 Å². The minimum Gasteiger partial charge on any atom is -0.481 e. The van der Waals surface area contributed by atoms with Crippen molar-refractivity contribution >= 4 is 5.97 Å². The van der Waals surface area contributed by atoms with E-state index in [1.54, 1.807) is 24.3 Å². The minimum atomic E-state index is -2.40. The van der Waals surface area contributed by atoms with E-state index in [1.807, 2.05) is 0 Å². The van der Waals surface area contributed by atoms with Gasteiger partial charge in [0.05, 0.1) is 5.41 Å². The molecule has 19 heavy (non-hydrogen) atoms. The Morgan fingerprint density at radius 3 is 2.53 bits per heavy atom. The Labute approximate surface area is 111 Å². The van der Waals surface area contributed by atoms with Crippen LogP contribution < -0.4 is 0 Å². The van der Waals surface area contributed by atoms with Gasteiger partial charge in [0.1, 0.15) is 0 Å². The van der Waals surface area contributed by atoms with Crippen molar-refractivity contribution in [2.45, 2.75) is 50.4 Å². The standard InChI is InChI=1S/C15H18F2O2/c16-13(17)10-11-5-4-6-12(9-11)15(14(18)19)7-2-1-3-8-15/h4-6,9,13H,1-3,7-8,10H2,(H,18,19). The van der Waals surface area contributed by atoms with Crippen LogP contribution in [-0.4, -0.2) is 17.5 Å². The van der Waals surface area contributed by atoms with Gasteiger partial charge in [-0.1, -0.05) is 43.5 Å². The maximum atomic E-state index is 12.4. The first-order valence-electron chi connectivity index (χ1n) is 6.65. The summed E-state index contributed by atoms with van der Waals surface area (Å²) in [5.74, 6) is -0.832. The van der Waals surface area contributed by atoms with Gasteiger partial charge in [0.15, 0.2) is 0 Å². The monoisotopic (exact) mass is 268 g/mol. The van der Waals surface area contributed by atoms with E-state index in [2.05, 4.69) is 0 Å². The van der Waals surface area contributed by atoms with E-state index in [-0.39, 0.29) is 6.42 Å². The number of rotatable bonds is 4. The number of hydrogen-bond donors (Lipinski definition) is 1. The van der Waals surface area contributed by atoms with Crippen LogP contribution in [0.25, 0.3) is 0 Å². The maximum absolute atomic E-state index is 12.4. The summed E-state index contributed by atoms with van der Waals surface area (Å²) < 4.78 is 24.9. The normalized spacial score (nSPS) is 18.5. The molecular formula is C15H18F2O2. The van der Waals surface area contributed by atoms with Crippen LogP contribution in [0, 0.1) is 0 Å². The van der Waals surface area contributed by atoms with Crippen LogP contribution in [0.4, 0.5) is 8.78 Å². The first-order valence-corrected chi connectivity index (χ1v) is 6.65. The molecule has 104 valence electrons. The molecule has 0 saturated heterocycles. The average Bonchev–Trinajstić information content (AvgIpc) is 2.39. The van der Waals surface area contributed by atoms with Gasteiger partial charge in [-0.15, -0.1) is 0 Å². The molecule has 1 saturated carbocycles. The third-order valence-electron chi connectivity index (χ3n) is 3.99. The molecule has 1 aromatic carbocycles. The van der Waals surface area contributed by atoms with E-state index < -0.39 is 17.8 Å². The molecule has 2 nitrogen and oxygen atoms in total. The number of carboxylic acids is 1. The van der Waals surface area contributed by atoms with Crippen LogP contribution in [0.1, 0.15) is 43.2 Å². The van der Waals surface area contributed by atoms with Gasteiger partial charge >= 0.3 is 5.97 Å². The molecule has 0 atom stereocenters. The van der Waals surface area contributed by atoms with E-state index in [0.29, 0.717) is 24.0 Å². The number of hydrogen-bond acceptors (Lipinski definition) is 1. The Hall–Kier alpha value is -1.45. The number of halogens is 2. The fourth-order valence-electron chi connectivity index (χ4n) is 2.96. The third-order valence-corrected chi connectivity index (χ3v) is 3.99. The number of benzene rings is 1. The van der Waals surface area contributed by atoms with Gasteiger partial charge in [-0.05, 0) is 24.0 Å². The predicted octanol–water partition coefficient (Wildman–Crippen LogP) is 3.78. The SMILES string of the molecule is O=C(O)C1(c2cccc(CC(F)F)c2)CCCCC1. The Bertz CT molecular complexity index is 451. The highest BCUT2D eigenvalue weighted by Gasteiger charge is 2.41. The topological polar surface area (TPSA) is 37.3 Å². The molecule has 0 aromatic heterocycles. The largest absolute Gasteiger partial charge is 0.481 e. The first-order chi connectivity index (χ1) is 9.04. The second-order valence-electron chi connectivity index (χ2n) is 5.24. The summed E-state index contributed by atoms with van der Waals surface area (Å²) in [4.78, 5) is 11.7. The van der Waals surface area contributed by atoms with Crippen molar-refractivity contribution in [2.75, 3.05) is 0 Å². The summed E-state index contributed by atoms with van der Waals surface area (Å²) in [6.07, 6.45) is 1.29. The second kappa shape index (κ2) is 5.68. The lowest BCUT2D eigenvalue weighted by molar-refractivity contribution is -0.145. The van der Waals surface area contributed by atoms with Gasteiger partial charge < -0.3 is 5.11 Å². The molecule has 0 heterocycles. The van der Waals surface area contributed by atoms with Gasteiger partial charge in [-0.2, -0.15) is 0 Å². The van der Waals surface area contributed by atoms with Crippen LogP contribution in [0.15, 0.2) is 24.3 Å². The fourth-order valence-corrected chi connectivity index (χ4v) is 2.96. The van der Waals surface area contributed by atoms with Crippen molar-refractivity contribution in [1.29, 1.82) is 0 Å². The van der Waals surface area contributed by atoms with E-state index in [1.165, 1.54) is 0 Å². The van der Waals surface area contributed by atoms with Crippen molar-refractivity contribution in [2.24, 2.45) is 0 Å². The molecule has 0 unspecified atom stereocenters. The summed E-state index contributed by atoms with van der Waals surface area (Å²) in [6.45, 7) is 0. The summed E-state index contributed by atoms with van der Waals surface area (Å²) in [5.41, 5.74) is 0.313. The number of alkyl halides is 2. The molecule has 1 aliphatic carbocycles. The summed E-state index contributed by atoms with van der Waals surface area (Å²) >= 11 is 0. The van der Waals surface area contributed by atoms with Gasteiger partial charge in [0.25, 0.3) is 0 Å². The number of carboxylic acid groups (broad SMARTS) is 1. The second-order valence-corrected chi connectivity index (χ2v) is 5.24. The van der Waals surface area contributed by atoms with Gasteiger partial charge in [0, 0.05) is 6.42 Å². The minimum absolute atomic E-state index is 0.316. The quantitative estimate of drug-likeness (QED) is 0.902. The summed E-state index contributed by atoms with van der Waals surface area (Å²) in [7, 11) is 0. The van der Waals surface area contributed by atoms with Crippen molar-refractivity contribution in [3.8, 4) is 0 Å². The highest BCUT2D eigenvalue weighted by atomic mass is 19.3. The third kappa shape index (κ3) is 2.94. The Morgan fingerprint density at radius 1 is 1.26 bits per heavy atom. The molecule has 0 amide bonds. The first kappa shape index (κ1) is 14.0. The Balaban J connectivity index is 2.34. The molecule has 1 fully saturated rings. The fraction of sp³-hybridized carbons (Fsp3) is 0.533. The maximum Gasteiger partial charge on any atom is 0.314 e. The van der Waals surface area contributed by atoms with Crippen LogP contribution >= 0.6 is 0 Å². The summed E-state index contributed by atoms with van der Waals surface area (Å²) in [6, 6.07) is 6.72. The lowest BCUT2D eigenvalue weighted by Gasteiger charge is -2.34. The molecule has 4 heteroatoms. The molecule has 0 aliphatic heterocycles. The van der Waals surface area contributed by atoms with Crippen molar-refractivity contribution in [3.05, 3.63) is 35.4 Å². The zero-order valence-corrected chi connectivity index (χ0v) is 10.7. The zero-order chi connectivity index (χ0) is 13.9. The van der Waals surface area contributed by atoms with Gasteiger partial charge in [-0.3, -0.25) is 4.79 Å². The smallest absolute Gasteiger partial charge is 0.314 e. The van der Waals surface area contributed by atoms with Crippen LogP contribution in [0.2, 0.25) is 0 Å². The number of carbonyl (C=O) groups is 1. The Morgan fingerprint density at radius 2 is 1.95 bits per heavy atom. The number of aliphatic carboxylic acids is 1. The molecule has 1 N–H and O–H groups in total. The van der Waals surface area contributed by atoms with Crippen LogP contribution in [0.5, 0.6) is 0 Å². The average molecular weight is 268 g/mol. The molecule has 2 rings (SSSR count). The van der Waals surface area contributed by atoms with E-state index in [0.717, 1.165) is 19.3 Å². The molecular weight excluding hydrogens is 250 g/mol. The Kier molecular flexibility index (Phi) is 4.17. The molecule has 1 aromatic rings. The van der Waals surface area contributed by atoms with Crippen molar-refractivity contribution in [3.63, 3.8) is 0 Å². The molecule has 0 spiro atoms. The van der Waals surface area contributed by atoms with Crippen LogP contribution in [-0.2, 0) is 16.6 Å². The van der Waals surface area contributed by atoms with E-state index in [4.69, 9.17) is 0 Å². The molecule has 0 radical (unpaired) electrons. The van der Waals surface area contributed by atoms with E-state index in [9.17, 15) is 18.7 Å². The van der Waals surface area contributed by atoms with Crippen molar-refractivity contribution in [1.82, 2.24) is 0 Å². The van der Waals surface area contributed by atoms with Crippen molar-refractivity contribution < 1.29 is 18.7 Å². The van der Waals surface area contributed by atoms with Gasteiger partial charge in [-0.25, -0.2) is 8.78 Å². The summed E-state index contributed by atoms with van der Waals surface area (Å²) in [5, 5.41) is 9.57. The highest BCUT2D eigenvalue weighted by Crippen LogP contribution is 2.40. The predicted molar refractivity (Wildman–Crippen MR) is 68.5 cm³/mol. The lowest BCUT2D eigenvalue weighted by Crippen LogP contribution is -2.37. The lowest BCUT2D eigenvalue weighted by atomic mass is 9.69.